The monoisotopic (exact) mass is 253 g/mol. The Morgan fingerprint density at radius 1 is 1.65 bits per heavy atom. The van der Waals surface area contributed by atoms with Crippen molar-refractivity contribution in [1.29, 1.82) is 0 Å². The first-order valence-corrected chi connectivity index (χ1v) is 6.91. The number of hydrazine groups is 1. The van der Waals surface area contributed by atoms with Gasteiger partial charge in [0.25, 0.3) is 5.91 Å². The molecule has 1 fully saturated rings. The van der Waals surface area contributed by atoms with Crippen LogP contribution in [0.1, 0.15) is 41.4 Å². The average molecular weight is 253 g/mol. The van der Waals surface area contributed by atoms with Gasteiger partial charge in [0.05, 0.1) is 4.88 Å². The van der Waals surface area contributed by atoms with Gasteiger partial charge in [0, 0.05) is 12.6 Å². The van der Waals surface area contributed by atoms with E-state index < -0.39 is 0 Å². The number of hydrogen-bond donors (Lipinski definition) is 2. The van der Waals surface area contributed by atoms with Crippen LogP contribution >= 0.6 is 11.3 Å². The Bertz CT molecular complexity index is 391. The lowest BCUT2D eigenvalue weighted by atomic mass is 10.0. The number of carbonyl (C=O) groups excluding carboxylic acids is 1. The first kappa shape index (κ1) is 12.5. The maximum Gasteiger partial charge on any atom is 0.275 e. The number of nitrogens with two attached hydrogens (primary N) is 1. The molecule has 1 aliphatic rings. The number of rotatable bonds is 3. The van der Waals surface area contributed by atoms with E-state index in [-0.39, 0.29) is 5.91 Å². The lowest BCUT2D eigenvalue weighted by Crippen LogP contribution is -2.37. The van der Waals surface area contributed by atoms with Gasteiger partial charge in [-0.1, -0.05) is 6.42 Å². The molecule has 2 heterocycles. The molecule has 1 aliphatic heterocycles. The molecule has 0 aliphatic carbocycles. The smallest absolute Gasteiger partial charge is 0.275 e. The molecule has 17 heavy (non-hydrogen) atoms. The summed E-state index contributed by atoms with van der Waals surface area (Å²) < 4.78 is 0. The molecule has 2 rings (SSSR count). The van der Waals surface area contributed by atoms with Crippen LogP contribution in [-0.4, -0.2) is 23.4 Å². The van der Waals surface area contributed by atoms with E-state index in [1.165, 1.54) is 30.6 Å². The van der Waals surface area contributed by atoms with Gasteiger partial charge in [-0.2, -0.15) is 0 Å². The molecule has 94 valence electrons. The zero-order valence-electron chi connectivity index (χ0n) is 10.1. The molecule has 5 heteroatoms. The van der Waals surface area contributed by atoms with Crippen LogP contribution in [0.4, 0.5) is 0 Å². The van der Waals surface area contributed by atoms with Crippen LogP contribution in [-0.2, 0) is 6.54 Å². The second kappa shape index (κ2) is 5.62. The minimum atomic E-state index is -0.181. The van der Waals surface area contributed by atoms with E-state index in [0.717, 1.165) is 23.5 Å². The number of nitrogens with zero attached hydrogens (tertiary/aromatic N) is 1. The van der Waals surface area contributed by atoms with Gasteiger partial charge < -0.3 is 0 Å². The fourth-order valence-corrected chi connectivity index (χ4v) is 3.15. The molecule has 3 N–H and O–H groups in total. The van der Waals surface area contributed by atoms with Crippen molar-refractivity contribution in [1.82, 2.24) is 10.3 Å². The number of piperidine rings is 1. The quantitative estimate of drug-likeness (QED) is 0.490. The first-order chi connectivity index (χ1) is 8.22. The van der Waals surface area contributed by atoms with Crippen LogP contribution in [0.2, 0.25) is 0 Å². The highest BCUT2D eigenvalue weighted by Gasteiger charge is 2.21. The summed E-state index contributed by atoms with van der Waals surface area (Å²) in [4.78, 5) is 14.8. The average Bonchev–Trinajstić information content (AvgIpc) is 2.79. The van der Waals surface area contributed by atoms with Gasteiger partial charge in [-0.05, 0) is 43.3 Å². The number of carbonyl (C=O) groups is 1. The number of thiophene rings is 1. The summed E-state index contributed by atoms with van der Waals surface area (Å²) in [5.74, 6) is 5.01. The van der Waals surface area contributed by atoms with Crippen LogP contribution in [0.15, 0.2) is 11.4 Å². The van der Waals surface area contributed by atoms with Crippen LogP contribution in [0, 0.1) is 0 Å². The van der Waals surface area contributed by atoms with Crippen molar-refractivity contribution >= 4 is 17.2 Å². The molecule has 0 radical (unpaired) electrons. The number of nitrogen functional groups attached to an aromatic ring is 1. The normalized spacial score (nSPS) is 21.4. The van der Waals surface area contributed by atoms with Crippen LogP contribution in [0.3, 0.4) is 0 Å². The third-order valence-electron chi connectivity index (χ3n) is 3.40. The molecule has 1 aromatic heterocycles. The number of amides is 1. The minimum absolute atomic E-state index is 0.181. The van der Waals surface area contributed by atoms with Gasteiger partial charge >= 0.3 is 0 Å². The fraction of sp³-hybridized carbons (Fsp3) is 0.583. The molecular weight excluding hydrogens is 234 g/mol. The van der Waals surface area contributed by atoms with Gasteiger partial charge in [-0.15, -0.1) is 11.3 Å². The zero-order chi connectivity index (χ0) is 12.3. The molecule has 0 saturated carbocycles. The van der Waals surface area contributed by atoms with E-state index in [1.54, 1.807) is 0 Å². The Kier molecular flexibility index (Phi) is 4.15. The number of nitrogens with one attached hydrogen (secondary N) is 1. The Morgan fingerprint density at radius 2 is 2.47 bits per heavy atom. The van der Waals surface area contributed by atoms with Crippen molar-refractivity contribution < 1.29 is 4.79 Å². The lowest BCUT2D eigenvalue weighted by molar-refractivity contribution is 0.0953. The summed E-state index contributed by atoms with van der Waals surface area (Å²) in [5, 5.41) is 1.95. The van der Waals surface area contributed by atoms with E-state index in [0.29, 0.717) is 6.04 Å². The van der Waals surface area contributed by atoms with Crippen molar-refractivity contribution in [2.24, 2.45) is 5.84 Å². The summed E-state index contributed by atoms with van der Waals surface area (Å²) in [6.45, 7) is 4.24. The van der Waals surface area contributed by atoms with Gasteiger partial charge in [0.1, 0.15) is 0 Å². The minimum Gasteiger partial charge on any atom is -0.296 e. The maximum atomic E-state index is 11.6. The molecule has 1 aromatic rings. The predicted octanol–water partition coefficient (Wildman–Crippen LogP) is 1.73. The molecule has 1 atom stereocenters. The molecule has 1 amide bonds. The van der Waals surface area contributed by atoms with Gasteiger partial charge in [0.2, 0.25) is 0 Å². The molecule has 0 spiro atoms. The largest absolute Gasteiger partial charge is 0.296 e. The van der Waals surface area contributed by atoms with Crippen LogP contribution in [0.5, 0.6) is 0 Å². The lowest BCUT2D eigenvalue weighted by Gasteiger charge is -2.33. The van der Waals surface area contributed by atoms with E-state index in [9.17, 15) is 4.79 Å². The zero-order valence-corrected chi connectivity index (χ0v) is 10.9. The summed E-state index contributed by atoms with van der Waals surface area (Å²) in [6.07, 6.45) is 3.83. The summed E-state index contributed by atoms with van der Waals surface area (Å²) in [5.41, 5.74) is 3.30. The second-order valence-electron chi connectivity index (χ2n) is 4.56. The summed E-state index contributed by atoms with van der Waals surface area (Å²) in [6, 6.07) is 2.63. The fourth-order valence-electron chi connectivity index (χ4n) is 2.34. The summed E-state index contributed by atoms with van der Waals surface area (Å²) in [7, 11) is 0. The third-order valence-corrected chi connectivity index (χ3v) is 4.35. The van der Waals surface area contributed by atoms with Crippen molar-refractivity contribution in [2.45, 2.75) is 38.8 Å². The van der Waals surface area contributed by atoms with E-state index in [4.69, 9.17) is 5.84 Å². The highest BCUT2D eigenvalue weighted by atomic mass is 32.1. The molecule has 0 bridgehead atoms. The van der Waals surface area contributed by atoms with E-state index in [2.05, 4.69) is 17.2 Å². The SMILES string of the molecule is CC1CCCCN1Cc1ccsc1C(=O)NN. The molecule has 4 nitrogen and oxygen atoms in total. The number of hydrogen-bond acceptors (Lipinski definition) is 4. The van der Waals surface area contributed by atoms with Crippen molar-refractivity contribution in [3.63, 3.8) is 0 Å². The molecular formula is C12H19N3OS. The van der Waals surface area contributed by atoms with Crippen molar-refractivity contribution in [3.05, 3.63) is 21.9 Å². The van der Waals surface area contributed by atoms with E-state index in [1.807, 2.05) is 11.4 Å². The topological polar surface area (TPSA) is 58.4 Å². The molecule has 0 aromatic carbocycles. The van der Waals surface area contributed by atoms with Gasteiger partial charge in [-0.3, -0.25) is 15.1 Å². The van der Waals surface area contributed by atoms with E-state index >= 15 is 0 Å². The highest BCUT2D eigenvalue weighted by Crippen LogP contribution is 2.23. The standard InChI is InChI=1S/C12H19N3OS/c1-9-4-2-3-6-15(9)8-10-5-7-17-11(10)12(16)14-13/h5,7,9H,2-4,6,8,13H2,1H3,(H,14,16). The third kappa shape index (κ3) is 2.86. The van der Waals surface area contributed by atoms with Gasteiger partial charge in [-0.25, -0.2) is 5.84 Å². The summed E-state index contributed by atoms with van der Waals surface area (Å²) >= 11 is 1.45. The Morgan fingerprint density at radius 3 is 3.18 bits per heavy atom. The van der Waals surface area contributed by atoms with Crippen molar-refractivity contribution in [2.75, 3.05) is 6.54 Å². The first-order valence-electron chi connectivity index (χ1n) is 6.03. The molecule has 1 saturated heterocycles. The van der Waals surface area contributed by atoms with Crippen LogP contribution in [0.25, 0.3) is 0 Å². The number of likely N-dealkylation sites (tertiary alicyclic amines) is 1. The van der Waals surface area contributed by atoms with Crippen LogP contribution < -0.4 is 11.3 Å². The Balaban J connectivity index is 2.07. The Labute approximate surface area is 106 Å². The Hall–Kier alpha value is -0.910. The second-order valence-corrected chi connectivity index (χ2v) is 5.48. The van der Waals surface area contributed by atoms with Gasteiger partial charge in [0.15, 0.2) is 0 Å². The highest BCUT2D eigenvalue weighted by molar-refractivity contribution is 7.12. The maximum absolute atomic E-state index is 11.6. The predicted molar refractivity (Wildman–Crippen MR) is 69.7 cm³/mol. The van der Waals surface area contributed by atoms with Crippen molar-refractivity contribution in [3.8, 4) is 0 Å². The molecule has 1 unspecified atom stereocenters.